The lowest BCUT2D eigenvalue weighted by molar-refractivity contribution is -0.154. The molecular formula is C12H12O6. The number of ether oxygens (including phenoxy) is 1. The number of benzene rings is 1. The highest BCUT2D eigenvalue weighted by Crippen LogP contribution is 2.17. The molecule has 0 saturated carbocycles. The van der Waals surface area contributed by atoms with Crippen LogP contribution in [0.3, 0.4) is 0 Å². The fraction of sp³-hybridized carbons (Fsp3) is 0.250. The van der Waals surface area contributed by atoms with Gasteiger partial charge in [-0.3, -0.25) is 14.4 Å². The lowest BCUT2D eigenvalue weighted by Gasteiger charge is -2.08. The Kier molecular flexibility index (Phi) is 4.42. The summed E-state index contributed by atoms with van der Waals surface area (Å²) < 4.78 is 4.82. The van der Waals surface area contributed by atoms with Gasteiger partial charge in [-0.1, -0.05) is 12.1 Å². The molecule has 1 rings (SSSR count). The molecule has 0 saturated heterocycles. The fourth-order valence-electron chi connectivity index (χ4n) is 1.42. The molecule has 0 atom stereocenters. The van der Waals surface area contributed by atoms with Gasteiger partial charge in [0.15, 0.2) is 5.92 Å². The zero-order valence-corrected chi connectivity index (χ0v) is 9.62. The van der Waals surface area contributed by atoms with Gasteiger partial charge in [-0.15, -0.1) is 0 Å². The molecule has 1 aromatic rings. The van der Waals surface area contributed by atoms with Gasteiger partial charge >= 0.3 is 17.9 Å². The van der Waals surface area contributed by atoms with Crippen LogP contribution in [0, 0.1) is 5.92 Å². The van der Waals surface area contributed by atoms with Crippen molar-refractivity contribution in [2.75, 3.05) is 0 Å². The fourth-order valence-corrected chi connectivity index (χ4v) is 1.42. The van der Waals surface area contributed by atoms with Crippen LogP contribution < -0.4 is 4.74 Å². The first-order valence-corrected chi connectivity index (χ1v) is 5.13. The van der Waals surface area contributed by atoms with Crippen LogP contribution >= 0.6 is 0 Å². The number of rotatable bonds is 5. The minimum atomic E-state index is -1.52. The second kappa shape index (κ2) is 5.81. The summed E-state index contributed by atoms with van der Waals surface area (Å²) in [5.74, 6) is -4.56. The van der Waals surface area contributed by atoms with Gasteiger partial charge in [0.2, 0.25) is 0 Å². The standard InChI is InChI=1S/C12H12O6/c1-7(13)18-9-4-2-3-8(5-9)6-10(11(14)15)12(16)17/h2-5,10H,6H2,1H3,(H,14,15)(H,16,17). The van der Waals surface area contributed by atoms with Gasteiger partial charge in [0.05, 0.1) is 0 Å². The molecule has 0 aliphatic rings. The molecule has 6 nitrogen and oxygen atoms in total. The summed E-state index contributed by atoms with van der Waals surface area (Å²) in [4.78, 5) is 32.2. The van der Waals surface area contributed by atoms with E-state index in [1.807, 2.05) is 0 Å². The number of carboxylic acids is 2. The van der Waals surface area contributed by atoms with E-state index in [9.17, 15) is 14.4 Å². The summed E-state index contributed by atoms with van der Waals surface area (Å²) in [5, 5.41) is 17.5. The van der Waals surface area contributed by atoms with E-state index in [4.69, 9.17) is 14.9 Å². The van der Waals surface area contributed by atoms with Crippen molar-refractivity contribution in [1.29, 1.82) is 0 Å². The predicted octanol–water partition coefficient (Wildman–Crippen LogP) is 0.940. The molecule has 0 spiro atoms. The van der Waals surface area contributed by atoms with Crippen molar-refractivity contribution in [1.82, 2.24) is 0 Å². The molecule has 2 N–H and O–H groups in total. The van der Waals surface area contributed by atoms with Crippen molar-refractivity contribution in [3.63, 3.8) is 0 Å². The lowest BCUT2D eigenvalue weighted by Crippen LogP contribution is -2.25. The van der Waals surface area contributed by atoms with Gasteiger partial charge < -0.3 is 14.9 Å². The topological polar surface area (TPSA) is 101 Å². The summed E-state index contributed by atoms with van der Waals surface area (Å²) >= 11 is 0. The summed E-state index contributed by atoms with van der Waals surface area (Å²) in [5.41, 5.74) is 0.476. The van der Waals surface area contributed by atoms with Crippen molar-refractivity contribution < 1.29 is 29.3 Å². The number of carbonyl (C=O) groups is 3. The van der Waals surface area contributed by atoms with Gasteiger partial charge in [0.1, 0.15) is 5.75 Å². The van der Waals surface area contributed by atoms with Gasteiger partial charge in [0.25, 0.3) is 0 Å². The number of carbonyl (C=O) groups excluding carboxylic acids is 1. The Morgan fingerprint density at radius 2 is 1.83 bits per heavy atom. The largest absolute Gasteiger partial charge is 0.481 e. The van der Waals surface area contributed by atoms with E-state index in [0.717, 1.165) is 0 Å². The van der Waals surface area contributed by atoms with Crippen LogP contribution in [0.15, 0.2) is 24.3 Å². The third kappa shape index (κ3) is 3.89. The van der Waals surface area contributed by atoms with Gasteiger partial charge in [-0.25, -0.2) is 0 Å². The molecule has 0 aromatic heterocycles. The molecule has 96 valence electrons. The Morgan fingerprint density at radius 1 is 1.22 bits per heavy atom. The molecule has 0 unspecified atom stereocenters. The minimum absolute atomic E-state index is 0.167. The summed E-state index contributed by atoms with van der Waals surface area (Å²) in [7, 11) is 0. The summed E-state index contributed by atoms with van der Waals surface area (Å²) in [6.45, 7) is 1.24. The van der Waals surface area contributed by atoms with E-state index < -0.39 is 23.8 Å². The second-order valence-corrected chi connectivity index (χ2v) is 3.67. The van der Waals surface area contributed by atoms with Crippen molar-refractivity contribution in [2.45, 2.75) is 13.3 Å². The van der Waals surface area contributed by atoms with E-state index in [1.54, 1.807) is 12.1 Å². The van der Waals surface area contributed by atoms with Crippen molar-refractivity contribution in [3.05, 3.63) is 29.8 Å². The van der Waals surface area contributed by atoms with Gasteiger partial charge in [-0.05, 0) is 24.1 Å². The highest BCUT2D eigenvalue weighted by atomic mass is 16.5. The Hall–Kier alpha value is -2.37. The number of aliphatic carboxylic acids is 2. The van der Waals surface area contributed by atoms with Gasteiger partial charge in [-0.2, -0.15) is 0 Å². The summed E-state index contributed by atoms with van der Waals surface area (Å²) in [6.07, 6.45) is -0.167. The molecule has 0 heterocycles. The van der Waals surface area contributed by atoms with E-state index >= 15 is 0 Å². The Morgan fingerprint density at radius 3 is 2.33 bits per heavy atom. The van der Waals surface area contributed by atoms with Gasteiger partial charge in [0, 0.05) is 6.92 Å². The summed E-state index contributed by atoms with van der Waals surface area (Å²) in [6, 6.07) is 6.11. The Bertz CT molecular complexity index is 465. The highest BCUT2D eigenvalue weighted by molar-refractivity contribution is 5.93. The number of carboxylic acid groups (broad SMARTS) is 2. The maximum atomic E-state index is 10.8. The maximum Gasteiger partial charge on any atom is 0.318 e. The van der Waals surface area contributed by atoms with Crippen molar-refractivity contribution in [3.8, 4) is 5.75 Å². The molecule has 0 aliphatic carbocycles. The number of esters is 1. The Labute approximate surface area is 103 Å². The van der Waals surface area contributed by atoms with Crippen molar-refractivity contribution in [2.24, 2.45) is 5.92 Å². The van der Waals surface area contributed by atoms with Crippen LogP contribution in [0.2, 0.25) is 0 Å². The normalized spacial score (nSPS) is 10.1. The zero-order chi connectivity index (χ0) is 13.7. The SMILES string of the molecule is CC(=O)Oc1cccc(CC(C(=O)O)C(=O)O)c1. The molecule has 6 heteroatoms. The smallest absolute Gasteiger partial charge is 0.318 e. The first-order chi connectivity index (χ1) is 8.40. The first kappa shape index (κ1) is 13.7. The zero-order valence-electron chi connectivity index (χ0n) is 9.62. The predicted molar refractivity (Wildman–Crippen MR) is 60.2 cm³/mol. The molecule has 1 aromatic carbocycles. The van der Waals surface area contributed by atoms with E-state index in [-0.39, 0.29) is 12.2 Å². The lowest BCUT2D eigenvalue weighted by atomic mass is 9.99. The Balaban J connectivity index is 2.86. The quantitative estimate of drug-likeness (QED) is 0.459. The molecule has 0 aliphatic heterocycles. The van der Waals surface area contributed by atoms with Crippen LogP contribution in [0.1, 0.15) is 12.5 Å². The van der Waals surface area contributed by atoms with E-state index in [1.165, 1.54) is 19.1 Å². The van der Waals surface area contributed by atoms with Crippen LogP contribution in [0.25, 0.3) is 0 Å². The number of hydrogen-bond acceptors (Lipinski definition) is 4. The molecule has 0 bridgehead atoms. The minimum Gasteiger partial charge on any atom is -0.481 e. The molecule has 0 amide bonds. The third-order valence-corrected chi connectivity index (χ3v) is 2.20. The third-order valence-electron chi connectivity index (χ3n) is 2.20. The van der Waals surface area contributed by atoms with Crippen LogP contribution in [-0.2, 0) is 20.8 Å². The highest BCUT2D eigenvalue weighted by Gasteiger charge is 2.25. The van der Waals surface area contributed by atoms with E-state index in [2.05, 4.69) is 0 Å². The van der Waals surface area contributed by atoms with Crippen molar-refractivity contribution >= 4 is 17.9 Å². The second-order valence-electron chi connectivity index (χ2n) is 3.67. The molecule has 0 fully saturated rings. The average molecular weight is 252 g/mol. The van der Waals surface area contributed by atoms with Crippen LogP contribution in [0.5, 0.6) is 5.75 Å². The number of hydrogen-bond donors (Lipinski definition) is 2. The molecule has 18 heavy (non-hydrogen) atoms. The molecular weight excluding hydrogens is 240 g/mol. The van der Waals surface area contributed by atoms with E-state index in [0.29, 0.717) is 5.56 Å². The van der Waals surface area contributed by atoms with Crippen LogP contribution in [0.4, 0.5) is 0 Å². The monoisotopic (exact) mass is 252 g/mol. The maximum absolute atomic E-state index is 10.8. The average Bonchev–Trinajstić information content (AvgIpc) is 2.24. The first-order valence-electron chi connectivity index (χ1n) is 5.13. The molecule has 0 radical (unpaired) electrons. The van der Waals surface area contributed by atoms with Crippen LogP contribution in [-0.4, -0.2) is 28.1 Å².